The third kappa shape index (κ3) is 6.88. The first-order valence-corrected chi connectivity index (χ1v) is 9.35. The van der Waals surface area contributed by atoms with Crippen LogP contribution in [0.1, 0.15) is 18.1 Å². The van der Waals surface area contributed by atoms with E-state index in [0.29, 0.717) is 11.3 Å². The van der Waals surface area contributed by atoms with Crippen molar-refractivity contribution in [1.82, 2.24) is 10.6 Å². The number of carbonyl (C=O) groups excluding carboxylic acids is 3. The molecule has 2 aromatic carbocycles. The van der Waals surface area contributed by atoms with E-state index >= 15 is 0 Å². The Kier molecular flexibility index (Phi) is 8.34. The zero-order valence-corrected chi connectivity index (χ0v) is 17.1. The molecule has 0 aliphatic carbocycles. The Hall–Kier alpha value is -3.42. The van der Waals surface area contributed by atoms with Gasteiger partial charge in [0, 0.05) is 19.8 Å². The minimum absolute atomic E-state index is 0.138. The van der Waals surface area contributed by atoms with Gasteiger partial charge in [-0.05, 0) is 35.4 Å². The number of rotatable bonds is 9. The number of halogens is 1. The van der Waals surface area contributed by atoms with Crippen LogP contribution < -0.4 is 15.4 Å². The summed E-state index contributed by atoms with van der Waals surface area (Å²) in [6.45, 7) is 1.29. The molecule has 2 amide bonds. The average molecular weight is 416 g/mol. The molecule has 30 heavy (non-hydrogen) atoms. The van der Waals surface area contributed by atoms with E-state index < -0.39 is 35.7 Å². The van der Waals surface area contributed by atoms with Crippen molar-refractivity contribution >= 4 is 17.8 Å². The molecule has 2 atom stereocenters. The van der Waals surface area contributed by atoms with E-state index in [1.165, 1.54) is 45.4 Å². The number of hydrogen-bond donors (Lipinski definition) is 2. The van der Waals surface area contributed by atoms with Crippen LogP contribution in [0.4, 0.5) is 4.39 Å². The number of esters is 1. The smallest absolute Gasteiger partial charge is 0.328 e. The topological polar surface area (TPSA) is 93.7 Å². The quantitative estimate of drug-likeness (QED) is 0.608. The van der Waals surface area contributed by atoms with Gasteiger partial charge in [0.2, 0.25) is 11.8 Å². The molecule has 0 radical (unpaired) electrons. The molecule has 0 bridgehead atoms. The van der Waals surface area contributed by atoms with Crippen LogP contribution >= 0.6 is 0 Å². The Morgan fingerprint density at radius 2 is 1.60 bits per heavy atom. The summed E-state index contributed by atoms with van der Waals surface area (Å²) in [5.41, 5.74) is 1.42. The second-order valence-corrected chi connectivity index (χ2v) is 6.72. The molecule has 0 fully saturated rings. The maximum absolute atomic E-state index is 13.1. The Bertz CT molecular complexity index is 885. The predicted octanol–water partition coefficient (Wildman–Crippen LogP) is 1.78. The highest BCUT2D eigenvalue weighted by molar-refractivity contribution is 5.90. The largest absolute Gasteiger partial charge is 0.497 e. The fourth-order valence-corrected chi connectivity index (χ4v) is 2.95. The molecule has 0 saturated heterocycles. The lowest BCUT2D eigenvalue weighted by atomic mass is 10.0. The van der Waals surface area contributed by atoms with Crippen LogP contribution in [-0.2, 0) is 32.0 Å². The SMILES string of the molecule is COC(=O)[C@H](Cc1cccc(OC)c1)NC(=O)[C@@H](Cc1ccc(F)cc1)NC(C)=O. The lowest BCUT2D eigenvalue weighted by Crippen LogP contribution is -2.53. The first kappa shape index (κ1) is 22.9. The second-order valence-electron chi connectivity index (χ2n) is 6.72. The fraction of sp³-hybridized carbons (Fsp3) is 0.318. The summed E-state index contributed by atoms with van der Waals surface area (Å²) in [6.07, 6.45) is 0.317. The first-order valence-electron chi connectivity index (χ1n) is 9.35. The van der Waals surface area contributed by atoms with Crippen LogP contribution in [0.2, 0.25) is 0 Å². The van der Waals surface area contributed by atoms with Crippen molar-refractivity contribution < 1.29 is 28.2 Å². The highest BCUT2D eigenvalue weighted by atomic mass is 19.1. The van der Waals surface area contributed by atoms with Crippen LogP contribution in [0.3, 0.4) is 0 Å². The molecule has 8 heteroatoms. The van der Waals surface area contributed by atoms with Crippen molar-refractivity contribution in [1.29, 1.82) is 0 Å². The van der Waals surface area contributed by atoms with Gasteiger partial charge in [0.1, 0.15) is 23.7 Å². The maximum atomic E-state index is 13.1. The highest BCUT2D eigenvalue weighted by Gasteiger charge is 2.27. The number of carbonyl (C=O) groups is 3. The summed E-state index contributed by atoms with van der Waals surface area (Å²) in [6, 6.07) is 10.8. The van der Waals surface area contributed by atoms with Gasteiger partial charge in [0.15, 0.2) is 0 Å². The normalized spacial score (nSPS) is 12.4. The van der Waals surface area contributed by atoms with E-state index in [9.17, 15) is 18.8 Å². The van der Waals surface area contributed by atoms with E-state index in [-0.39, 0.29) is 12.8 Å². The van der Waals surface area contributed by atoms with Gasteiger partial charge in [-0.15, -0.1) is 0 Å². The third-order valence-electron chi connectivity index (χ3n) is 4.42. The number of hydrogen-bond acceptors (Lipinski definition) is 5. The van der Waals surface area contributed by atoms with Gasteiger partial charge < -0.3 is 20.1 Å². The monoisotopic (exact) mass is 416 g/mol. The second kappa shape index (κ2) is 10.9. The summed E-state index contributed by atoms with van der Waals surface area (Å²) >= 11 is 0. The summed E-state index contributed by atoms with van der Waals surface area (Å²) < 4.78 is 23.1. The van der Waals surface area contributed by atoms with E-state index in [1.54, 1.807) is 24.3 Å². The lowest BCUT2D eigenvalue weighted by Gasteiger charge is -2.22. The Labute approximate surface area is 174 Å². The van der Waals surface area contributed by atoms with Gasteiger partial charge >= 0.3 is 5.97 Å². The molecule has 7 nitrogen and oxygen atoms in total. The summed E-state index contributed by atoms with van der Waals surface area (Å²) in [4.78, 5) is 36.7. The van der Waals surface area contributed by atoms with E-state index in [0.717, 1.165) is 5.56 Å². The summed E-state index contributed by atoms with van der Waals surface area (Å²) in [5.74, 6) is -1.35. The van der Waals surface area contributed by atoms with Crippen molar-refractivity contribution in [3.63, 3.8) is 0 Å². The van der Waals surface area contributed by atoms with Gasteiger partial charge in [-0.2, -0.15) is 0 Å². The molecule has 0 aliphatic heterocycles. The van der Waals surface area contributed by atoms with Crippen molar-refractivity contribution in [2.24, 2.45) is 0 Å². The van der Waals surface area contributed by atoms with Crippen molar-refractivity contribution in [2.75, 3.05) is 14.2 Å². The zero-order valence-electron chi connectivity index (χ0n) is 17.1. The summed E-state index contributed by atoms with van der Waals surface area (Å²) in [5, 5.41) is 5.22. The van der Waals surface area contributed by atoms with E-state index in [4.69, 9.17) is 9.47 Å². The van der Waals surface area contributed by atoms with E-state index in [2.05, 4.69) is 10.6 Å². The minimum Gasteiger partial charge on any atom is -0.497 e. The molecule has 0 heterocycles. The van der Waals surface area contributed by atoms with Crippen LogP contribution in [0.25, 0.3) is 0 Å². The molecule has 2 aromatic rings. The average Bonchev–Trinajstić information content (AvgIpc) is 2.73. The molecule has 0 unspecified atom stereocenters. The molecule has 0 aromatic heterocycles. The predicted molar refractivity (Wildman–Crippen MR) is 108 cm³/mol. The molecule has 0 spiro atoms. The highest BCUT2D eigenvalue weighted by Crippen LogP contribution is 2.15. The van der Waals surface area contributed by atoms with Crippen LogP contribution in [0.5, 0.6) is 5.75 Å². The maximum Gasteiger partial charge on any atom is 0.328 e. The molecule has 2 rings (SSSR count). The fourth-order valence-electron chi connectivity index (χ4n) is 2.95. The van der Waals surface area contributed by atoms with Gasteiger partial charge in [-0.25, -0.2) is 9.18 Å². The van der Waals surface area contributed by atoms with Crippen molar-refractivity contribution in [3.8, 4) is 5.75 Å². The van der Waals surface area contributed by atoms with Crippen LogP contribution in [-0.4, -0.2) is 44.1 Å². The number of ether oxygens (including phenoxy) is 2. The lowest BCUT2D eigenvalue weighted by molar-refractivity contribution is -0.145. The zero-order chi connectivity index (χ0) is 22.1. The molecule has 160 valence electrons. The Balaban J connectivity index is 2.17. The van der Waals surface area contributed by atoms with Crippen LogP contribution in [0, 0.1) is 5.82 Å². The van der Waals surface area contributed by atoms with Gasteiger partial charge in [-0.3, -0.25) is 9.59 Å². The van der Waals surface area contributed by atoms with Gasteiger partial charge in [0.25, 0.3) is 0 Å². The van der Waals surface area contributed by atoms with Crippen LogP contribution in [0.15, 0.2) is 48.5 Å². The van der Waals surface area contributed by atoms with E-state index in [1.807, 2.05) is 0 Å². The molecular formula is C22H25FN2O5. The minimum atomic E-state index is -0.959. The Morgan fingerprint density at radius 3 is 2.20 bits per heavy atom. The standard InChI is InChI=1S/C22H25FN2O5/c1-14(26)24-19(12-15-7-9-17(23)10-8-15)21(27)25-20(22(28)30-3)13-16-5-4-6-18(11-16)29-2/h4-11,19-20H,12-13H2,1-3H3,(H,24,26)(H,25,27)/t19-,20+/m1/s1. The number of benzene rings is 2. The number of amides is 2. The van der Waals surface area contributed by atoms with Crippen molar-refractivity contribution in [3.05, 3.63) is 65.5 Å². The van der Waals surface area contributed by atoms with Gasteiger partial charge in [0.05, 0.1) is 14.2 Å². The third-order valence-corrected chi connectivity index (χ3v) is 4.42. The molecule has 0 aliphatic rings. The van der Waals surface area contributed by atoms with Gasteiger partial charge in [-0.1, -0.05) is 24.3 Å². The first-order chi connectivity index (χ1) is 14.3. The number of nitrogens with one attached hydrogen (secondary N) is 2. The molecule has 0 saturated carbocycles. The molecular weight excluding hydrogens is 391 g/mol. The Morgan fingerprint density at radius 1 is 0.933 bits per heavy atom. The molecule has 2 N–H and O–H groups in total. The van der Waals surface area contributed by atoms with Crippen molar-refractivity contribution in [2.45, 2.75) is 31.8 Å². The summed E-state index contributed by atoms with van der Waals surface area (Å²) in [7, 11) is 2.77. The number of methoxy groups -OCH3 is 2.